The van der Waals surface area contributed by atoms with Gasteiger partial charge in [-0.2, -0.15) is 0 Å². The monoisotopic (exact) mass is 205 g/mol. The summed E-state index contributed by atoms with van der Waals surface area (Å²) in [5.74, 6) is 0. The second kappa shape index (κ2) is 4.73. The first-order chi connectivity index (χ1) is 7.25. The van der Waals surface area contributed by atoms with Gasteiger partial charge in [-0.05, 0) is 37.9 Å². The third-order valence-electron chi connectivity index (χ3n) is 3.03. The van der Waals surface area contributed by atoms with Crippen LogP contribution in [0.25, 0.3) is 0 Å². The molecule has 3 nitrogen and oxygen atoms in total. The molecule has 1 fully saturated rings. The van der Waals surface area contributed by atoms with Gasteiger partial charge in [-0.1, -0.05) is 6.07 Å². The summed E-state index contributed by atoms with van der Waals surface area (Å²) in [5, 5.41) is 0. The number of hydrogen-bond donors (Lipinski definition) is 1. The lowest BCUT2D eigenvalue weighted by atomic mass is 10.1. The normalized spacial score (nSPS) is 22.9. The van der Waals surface area contributed by atoms with E-state index in [1.165, 1.54) is 17.7 Å². The number of likely N-dealkylation sites (tertiary alicyclic amines) is 1. The van der Waals surface area contributed by atoms with E-state index in [9.17, 15) is 0 Å². The average Bonchev–Trinajstić information content (AvgIpc) is 2.22. The molecular weight excluding hydrogens is 186 g/mol. The second-order valence-corrected chi connectivity index (χ2v) is 4.40. The van der Waals surface area contributed by atoms with Gasteiger partial charge < -0.3 is 5.73 Å². The summed E-state index contributed by atoms with van der Waals surface area (Å²) in [6.07, 6.45) is 4.25. The molecule has 0 amide bonds. The van der Waals surface area contributed by atoms with Gasteiger partial charge in [0.25, 0.3) is 0 Å². The summed E-state index contributed by atoms with van der Waals surface area (Å²) in [6.45, 7) is 5.23. The van der Waals surface area contributed by atoms with Crippen LogP contribution in [-0.4, -0.2) is 29.0 Å². The van der Waals surface area contributed by atoms with E-state index in [1.54, 1.807) is 0 Å². The number of piperidine rings is 1. The number of aromatic nitrogens is 1. The number of pyridine rings is 1. The molecule has 0 saturated carbocycles. The average molecular weight is 205 g/mol. The maximum Gasteiger partial charge on any atom is 0.0573 e. The van der Waals surface area contributed by atoms with Crippen LogP contribution in [-0.2, 0) is 6.54 Å². The highest BCUT2D eigenvalue weighted by molar-refractivity contribution is 5.17. The molecule has 1 aliphatic heterocycles. The van der Waals surface area contributed by atoms with E-state index in [-0.39, 0.29) is 0 Å². The van der Waals surface area contributed by atoms with Crippen molar-refractivity contribution in [1.29, 1.82) is 0 Å². The molecule has 0 aliphatic carbocycles. The molecular formula is C12H19N3. The van der Waals surface area contributed by atoms with E-state index >= 15 is 0 Å². The lowest BCUT2D eigenvalue weighted by Gasteiger charge is -2.30. The molecule has 0 bridgehead atoms. The molecule has 1 aliphatic rings. The van der Waals surface area contributed by atoms with Gasteiger partial charge in [0.1, 0.15) is 0 Å². The van der Waals surface area contributed by atoms with Crippen LogP contribution in [0, 0.1) is 6.92 Å². The van der Waals surface area contributed by atoms with Gasteiger partial charge in [0.15, 0.2) is 0 Å². The van der Waals surface area contributed by atoms with Crippen molar-refractivity contribution in [2.75, 3.05) is 13.1 Å². The van der Waals surface area contributed by atoms with Gasteiger partial charge >= 0.3 is 0 Å². The topological polar surface area (TPSA) is 42.2 Å². The fourth-order valence-corrected chi connectivity index (χ4v) is 2.13. The van der Waals surface area contributed by atoms with Crippen molar-refractivity contribution < 1.29 is 0 Å². The molecule has 2 N–H and O–H groups in total. The molecule has 1 aromatic heterocycles. The molecule has 0 aromatic carbocycles. The summed E-state index contributed by atoms with van der Waals surface area (Å²) in [7, 11) is 0. The lowest BCUT2D eigenvalue weighted by Crippen LogP contribution is -2.42. The molecule has 82 valence electrons. The Morgan fingerprint density at radius 3 is 3.20 bits per heavy atom. The van der Waals surface area contributed by atoms with E-state index in [1.807, 2.05) is 12.3 Å². The van der Waals surface area contributed by atoms with Gasteiger partial charge in [-0.25, -0.2) is 0 Å². The Hall–Kier alpha value is -0.930. The zero-order valence-corrected chi connectivity index (χ0v) is 9.32. The minimum atomic E-state index is 0.350. The molecule has 1 aromatic rings. The van der Waals surface area contributed by atoms with Crippen LogP contribution in [0.15, 0.2) is 18.3 Å². The Bertz CT molecular complexity index is 324. The Balaban J connectivity index is 1.99. The minimum absolute atomic E-state index is 0.350. The molecule has 1 saturated heterocycles. The van der Waals surface area contributed by atoms with Gasteiger partial charge in [0, 0.05) is 25.3 Å². The first-order valence-corrected chi connectivity index (χ1v) is 5.64. The van der Waals surface area contributed by atoms with Gasteiger partial charge in [-0.3, -0.25) is 9.88 Å². The number of hydrogen-bond acceptors (Lipinski definition) is 3. The zero-order valence-electron chi connectivity index (χ0n) is 9.32. The lowest BCUT2D eigenvalue weighted by molar-refractivity contribution is 0.199. The molecule has 1 atom stereocenters. The summed E-state index contributed by atoms with van der Waals surface area (Å²) in [4.78, 5) is 6.82. The quantitative estimate of drug-likeness (QED) is 0.791. The molecule has 3 heteroatoms. The van der Waals surface area contributed by atoms with Gasteiger partial charge in [0.05, 0.1) is 5.69 Å². The van der Waals surface area contributed by atoms with Crippen LogP contribution >= 0.6 is 0 Å². The van der Waals surface area contributed by atoms with Crippen LogP contribution < -0.4 is 5.73 Å². The van der Waals surface area contributed by atoms with E-state index < -0.39 is 0 Å². The number of nitrogens with zero attached hydrogens (tertiary/aromatic N) is 2. The minimum Gasteiger partial charge on any atom is -0.327 e. The van der Waals surface area contributed by atoms with Crippen molar-refractivity contribution in [2.24, 2.45) is 5.73 Å². The van der Waals surface area contributed by atoms with Crippen molar-refractivity contribution >= 4 is 0 Å². The molecule has 0 unspecified atom stereocenters. The van der Waals surface area contributed by atoms with E-state index in [2.05, 4.69) is 22.9 Å². The van der Waals surface area contributed by atoms with Crippen molar-refractivity contribution in [3.8, 4) is 0 Å². The number of nitrogens with two attached hydrogens (primary N) is 1. The Labute approximate surface area is 91.3 Å². The Kier molecular flexibility index (Phi) is 3.34. The van der Waals surface area contributed by atoms with E-state index in [0.29, 0.717) is 6.04 Å². The van der Waals surface area contributed by atoms with Gasteiger partial charge in [-0.15, -0.1) is 0 Å². The van der Waals surface area contributed by atoms with Gasteiger partial charge in [0.2, 0.25) is 0 Å². The van der Waals surface area contributed by atoms with Crippen LogP contribution in [0.5, 0.6) is 0 Å². The maximum atomic E-state index is 5.95. The van der Waals surface area contributed by atoms with E-state index in [0.717, 1.165) is 26.1 Å². The molecule has 2 rings (SSSR count). The van der Waals surface area contributed by atoms with E-state index in [4.69, 9.17) is 5.73 Å². The number of rotatable bonds is 2. The first kappa shape index (κ1) is 10.6. The zero-order chi connectivity index (χ0) is 10.7. The molecule has 2 heterocycles. The molecule has 15 heavy (non-hydrogen) atoms. The Morgan fingerprint density at radius 1 is 1.60 bits per heavy atom. The van der Waals surface area contributed by atoms with Crippen molar-refractivity contribution in [3.63, 3.8) is 0 Å². The fraction of sp³-hybridized carbons (Fsp3) is 0.583. The highest BCUT2D eigenvalue weighted by Crippen LogP contribution is 2.13. The smallest absolute Gasteiger partial charge is 0.0573 e. The second-order valence-electron chi connectivity index (χ2n) is 4.40. The van der Waals surface area contributed by atoms with Crippen molar-refractivity contribution in [1.82, 2.24) is 9.88 Å². The van der Waals surface area contributed by atoms with Crippen LogP contribution in [0.4, 0.5) is 0 Å². The summed E-state index contributed by atoms with van der Waals surface area (Å²) < 4.78 is 0. The van der Waals surface area contributed by atoms with Crippen LogP contribution in [0.2, 0.25) is 0 Å². The van der Waals surface area contributed by atoms with Crippen molar-refractivity contribution in [3.05, 3.63) is 29.6 Å². The fourth-order valence-electron chi connectivity index (χ4n) is 2.13. The highest BCUT2D eigenvalue weighted by atomic mass is 15.1. The first-order valence-electron chi connectivity index (χ1n) is 5.64. The summed E-state index contributed by atoms with van der Waals surface area (Å²) >= 11 is 0. The standard InChI is InChI=1S/C12H19N3/c1-10-4-2-6-14-12(10)9-15-7-3-5-11(13)8-15/h2,4,6,11H,3,5,7-9,13H2,1H3/t11-/m1/s1. The maximum absolute atomic E-state index is 5.95. The summed E-state index contributed by atoms with van der Waals surface area (Å²) in [6, 6.07) is 4.45. The Morgan fingerprint density at radius 2 is 2.47 bits per heavy atom. The molecule has 0 radical (unpaired) electrons. The third-order valence-corrected chi connectivity index (χ3v) is 3.03. The summed E-state index contributed by atoms with van der Waals surface area (Å²) in [5.41, 5.74) is 8.42. The number of aryl methyl sites for hydroxylation is 1. The predicted molar refractivity (Wildman–Crippen MR) is 61.5 cm³/mol. The predicted octanol–water partition coefficient (Wildman–Crippen LogP) is 1.31. The van der Waals surface area contributed by atoms with Crippen LogP contribution in [0.3, 0.4) is 0 Å². The van der Waals surface area contributed by atoms with Crippen LogP contribution in [0.1, 0.15) is 24.1 Å². The third kappa shape index (κ3) is 2.76. The SMILES string of the molecule is Cc1cccnc1CN1CCC[C@@H](N)C1. The molecule has 0 spiro atoms. The van der Waals surface area contributed by atoms with Crippen molar-refractivity contribution in [2.45, 2.75) is 32.4 Å². The largest absolute Gasteiger partial charge is 0.327 e. The highest BCUT2D eigenvalue weighted by Gasteiger charge is 2.17.